The first-order chi connectivity index (χ1) is 13.1. The number of nitrogens with one attached hydrogen (secondary N) is 2. The number of hydrogen-bond donors (Lipinski definition) is 2. The van der Waals surface area contributed by atoms with Crippen molar-refractivity contribution in [3.8, 4) is 6.07 Å². The van der Waals surface area contributed by atoms with Crippen molar-refractivity contribution in [1.82, 2.24) is 9.88 Å². The van der Waals surface area contributed by atoms with Crippen molar-refractivity contribution in [2.75, 3.05) is 32.5 Å². The predicted molar refractivity (Wildman–Crippen MR) is 111 cm³/mol. The molecule has 0 atom stereocenters. The predicted octanol–water partition coefficient (Wildman–Crippen LogP) is 3.79. The molecule has 27 heavy (non-hydrogen) atoms. The lowest BCUT2D eigenvalue weighted by Gasteiger charge is -2.14. The zero-order chi connectivity index (χ0) is 19.4. The fourth-order valence-electron chi connectivity index (χ4n) is 3.71. The van der Waals surface area contributed by atoms with Crippen molar-refractivity contribution in [1.29, 1.82) is 5.26 Å². The molecule has 0 bridgehead atoms. The molecule has 0 aliphatic rings. The molecule has 0 saturated heterocycles. The normalized spacial score (nSPS) is 11.4. The Morgan fingerprint density at radius 1 is 1.22 bits per heavy atom. The lowest BCUT2D eigenvalue weighted by Crippen LogP contribution is -2.30. The Kier molecular flexibility index (Phi) is 5.98. The minimum absolute atomic E-state index is 0.746. The van der Waals surface area contributed by atoms with E-state index in [1.807, 2.05) is 6.07 Å². The molecule has 2 heterocycles. The van der Waals surface area contributed by atoms with Gasteiger partial charge in [0.15, 0.2) is 0 Å². The van der Waals surface area contributed by atoms with Crippen LogP contribution in [0.1, 0.15) is 42.9 Å². The number of nitriles is 1. The van der Waals surface area contributed by atoms with Gasteiger partial charge >= 0.3 is 0 Å². The van der Waals surface area contributed by atoms with Gasteiger partial charge in [0.05, 0.1) is 6.54 Å². The smallest absolute Gasteiger partial charge is 0.250 e. The van der Waals surface area contributed by atoms with Gasteiger partial charge < -0.3 is 10.2 Å². The van der Waals surface area contributed by atoms with Crippen molar-refractivity contribution in [2.45, 2.75) is 39.5 Å². The molecule has 0 saturated carbocycles. The number of anilines is 1. The summed E-state index contributed by atoms with van der Waals surface area (Å²) in [4.78, 5) is 5.67. The van der Waals surface area contributed by atoms with Crippen molar-refractivity contribution < 1.29 is 4.40 Å². The molecule has 0 radical (unpaired) electrons. The number of nitrogens with zero attached hydrogens (tertiary/aromatic N) is 3. The highest BCUT2D eigenvalue weighted by Crippen LogP contribution is 2.26. The molecule has 2 N–H and O–H groups in total. The van der Waals surface area contributed by atoms with Crippen molar-refractivity contribution >= 4 is 22.5 Å². The lowest BCUT2D eigenvalue weighted by molar-refractivity contribution is -0.465. The van der Waals surface area contributed by atoms with E-state index in [0.29, 0.717) is 0 Å². The van der Waals surface area contributed by atoms with Crippen LogP contribution in [0.15, 0.2) is 24.3 Å². The minimum atomic E-state index is 0.746. The van der Waals surface area contributed by atoms with Crippen LogP contribution in [-0.2, 0) is 6.42 Å². The van der Waals surface area contributed by atoms with Gasteiger partial charge in [-0.3, -0.25) is 4.98 Å². The van der Waals surface area contributed by atoms with E-state index in [-0.39, 0.29) is 0 Å². The molecule has 1 aromatic carbocycles. The summed E-state index contributed by atoms with van der Waals surface area (Å²) in [7, 11) is 4.20. The van der Waals surface area contributed by atoms with E-state index < -0.39 is 0 Å². The summed E-state index contributed by atoms with van der Waals surface area (Å²) in [6.45, 7) is 6.25. The van der Waals surface area contributed by atoms with Gasteiger partial charge in [-0.05, 0) is 58.0 Å². The first-order valence-electron chi connectivity index (χ1n) is 9.85. The lowest BCUT2D eigenvalue weighted by atomic mass is 9.99. The molecular formula is C22H30N5+. The maximum Gasteiger partial charge on any atom is 0.250 e. The Bertz CT molecular complexity index is 978. The summed E-state index contributed by atoms with van der Waals surface area (Å²) in [5, 5.41) is 13.5. The second-order valence-corrected chi connectivity index (χ2v) is 7.45. The Hall–Kier alpha value is -2.58. The molecule has 3 aromatic rings. The molecule has 0 unspecified atom stereocenters. The molecule has 0 fully saturated rings. The Morgan fingerprint density at radius 3 is 2.70 bits per heavy atom. The van der Waals surface area contributed by atoms with Crippen molar-refractivity contribution in [3.05, 3.63) is 41.0 Å². The number of fused-ring (bicyclic) bond motifs is 3. The van der Waals surface area contributed by atoms with E-state index in [4.69, 9.17) is 0 Å². The summed E-state index contributed by atoms with van der Waals surface area (Å²) in [5.74, 6) is 1.13. The third-order valence-corrected chi connectivity index (χ3v) is 5.16. The Balaban J connectivity index is 2.19. The maximum absolute atomic E-state index is 9.85. The van der Waals surface area contributed by atoms with Gasteiger partial charge in [-0.1, -0.05) is 25.5 Å². The third kappa shape index (κ3) is 3.77. The average molecular weight is 365 g/mol. The highest BCUT2D eigenvalue weighted by Gasteiger charge is 2.25. The topological polar surface area (TPSA) is 59.0 Å². The summed E-state index contributed by atoms with van der Waals surface area (Å²) >= 11 is 0. The first-order valence-corrected chi connectivity index (χ1v) is 9.85. The number of aromatic amines is 1. The summed E-state index contributed by atoms with van der Waals surface area (Å²) < 4.78 is 2.21. The van der Waals surface area contributed by atoms with E-state index in [9.17, 15) is 5.26 Å². The number of H-pyrrole nitrogens is 1. The number of rotatable bonds is 8. The number of hydrogen-bond acceptors (Lipinski definition) is 3. The van der Waals surface area contributed by atoms with Gasteiger partial charge in [0.2, 0.25) is 11.5 Å². The number of unbranched alkanes of at least 4 members (excludes halogenated alkanes) is 1. The van der Waals surface area contributed by atoms with Crippen molar-refractivity contribution in [3.63, 3.8) is 0 Å². The van der Waals surface area contributed by atoms with Gasteiger partial charge in [0.25, 0.3) is 0 Å². The monoisotopic (exact) mass is 364 g/mol. The standard InChI is InChI=1S/C22H29N5/c1-5-6-10-17-16(2)18(15-23)22-25-19-11-7-8-12-20(19)27(22)21(17)24-13-9-14-26(3)4/h7-8,11-12H,5-6,9-10,13-14H2,1-4H3,(H,24,25)/p+1. The summed E-state index contributed by atoms with van der Waals surface area (Å²) in [6.07, 6.45) is 4.31. The van der Waals surface area contributed by atoms with Gasteiger partial charge in [0.1, 0.15) is 22.7 Å². The second-order valence-electron chi connectivity index (χ2n) is 7.45. The Labute approximate surface area is 161 Å². The number of benzene rings is 1. The van der Waals surface area contributed by atoms with Crippen LogP contribution in [0.4, 0.5) is 5.82 Å². The number of aromatic nitrogens is 2. The van der Waals surface area contributed by atoms with Crippen LogP contribution in [-0.4, -0.2) is 37.1 Å². The van der Waals surface area contributed by atoms with Gasteiger partial charge in [-0.2, -0.15) is 9.66 Å². The highest BCUT2D eigenvalue weighted by molar-refractivity contribution is 5.78. The fourth-order valence-corrected chi connectivity index (χ4v) is 3.71. The quantitative estimate of drug-likeness (QED) is 0.472. The van der Waals surface area contributed by atoms with E-state index in [0.717, 1.165) is 72.4 Å². The number of pyridine rings is 1. The van der Waals surface area contributed by atoms with Crippen LogP contribution < -0.4 is 9.72 Å². The molecule has 3 rings (SSSR count). The summed E-state index contributed by atoms with van der Waals surface area (Å²) in [5.41, 5.74) is 6.14. The van der Waals surface area contributed by atoms with E-state index in [1.165, 1.54) is 5.56 Å². The SMILES string of the molecule is CCCCc1c(C)c(C#N)c2[nH]c3ccccc3[n+]2c1NCCCN(C)C. The van der Waals surface area contributed by atoms with Crippen molar-refractivity contribution in [2.24, 2.45) is 0 Å². The van der Waals surface area contributed by atoms with Crippen LogP contribution in [0.2, 0.25) is 0 Å². The van der Waals surface area contributed by atoms with Crippen LogP contribution >= 0.6 is 0 Å². The molecule has 0 amide bonds. The molecule has 142 valence electrons. The first kappa shape index (κ1) is 19.2. The van der Waals surface area contributed by atoms with Crippen LogP contribution in [0, 0.1) is 18.3 Å². The maximum atomic E-state index is 9.85. The second kappa shape index (κ2) is 8.41. The number of para-hydroxylation sites is 2. The van der Waals surface area contributed by atoms with E-state index >= 15 is 0 Å². The highest BCUT2D eigenvalue weighted by atomic mass is 15.1. The van der Waals surface area contributed by atoms with E-state index in [1.54, 1.807) is 0 Å². The molecule has 0 aliphatic heterocycles. The fraction of sp³-hybridized carbons (Fsp3) is 0.455. The summed E-state index contributed by atoms with van der Waals surface area (Å²) in [6, 6.07) is 10.7. The largest absolute Gasteiger partial charge is 0.309 e. The average Bonchev–Trinajstić information content (AvgIpc) is 3.03. The van der Waals surface area contributed by atoms with Gasteiger partial charge in [-0.25, -0.2) is 0 Å². The molecule has 0 spiro atoms. The molecule has 2 aromatic heterocycles. The van der Waals surface area contributed by atoms with Crippen LogP contribution in [0.5, 0.6) is 0 Å². The minimum Gasteiger partial charge on any atom is -0.309 e. The van der Waals surface area contributed by atoms with Gasteiger partial charge in [0, 0.05) is 12.1 Å². The Morgan fingerprint density at radius 2 is 2.00 bits per heavy atom. The van der Waals surface area contributed by atoms with Crippen LogP contribution in [0.25, 0.3) is 16.7 Å². The third-order valence-electron chi connectivity index (χ3n) is 5.16. The van der Waals surface area contributed by atoms with E-state index in [2.05, 4.69) is 71.8 Å². The molecular weight excluding hydrogens is 334 g/mol. The van der Waals surface area contributed by atoms with Gasteiger partial charge in [-0.15, -0.1) is 0 Å². The zero-order valence-electron chi connectivity index (χ0n) is 16.9. The molecule has 5 nitrogen and oxygen atoms in total. The molecule has 0 aliphatic carbocycles. The molecule has 5 heteroatoms. The zero-order valence-corrected chi connectivity index (χ0v) is 16.9. The van der Waals surface area contributed by atoms with Crippen LogP contribution in [0.3, 0.4) is 0 Å². The number of imidazole rings is 1.